The van der Waals surface area contributed by atoms with E-state index in [1.54, 1.807) is 24.3 Å². The molecule has 0 heterocycles. The molecule has 4 nitrogen and oxygen atoms in total. The zero-order chi connectivity index (χ0) is 14.5. The summed E-state index contributed by atoms with van der Waals surface area (Å²) in [6.45, 7) is 0. The summed E-state index contributed by atoms with van der Waals surface area (Å²) in [5, 5.41) is 5.06. The molecule has 0 aliphatic carbocycles. The summed E-state index contributed by atoms with van der Waals surface area (Å²) in [5.74, 6) is 0.00464. The van der Waals surface area contributed by atoms with Gasteiger partial charge in [-0.3, -0.25) is 0 Å². The van der Waals surface area contributed by atoms with Crippen molar-refractivity contribution in [3.05, 3.63) is 53.3 Å². The van der Waals surface area contributed by atoms with Crippen LogP contribution in [-0.4, -0.2) is 13.1 Å². The van der Waals surface area contributed by atoms with Crippen LogP contribution in [0.5, 0.6) is 5.75 Å². The topological polar surface area (TPSA) is 50.4 Å². The number of para-hydroxylation sites is 1. The van der Waals surface area contributed by atoms with Crippen molar-refractivity contribution in [2.24, 2.45) is 0 Å². The molecule has 2 rings (SSSR count). The molecule has 2 aromatic carbocycles. The molecule has 0 fully saturated rings. The van der Waals surface area contributed by atoms with Gasteiger partial charge in [-0.25, -0.2) is 9.18 Å². The van der Waals surface area contributed by atoms with Gasteiger partial charge in [-0.1, -0.05) is 23.7 Å². The Morgan fingerprint density at radius 2 is 1.95 bits per heavy atom. The number of anilines is 2. The van der Waals surface area contributed by atoms with Gasteiger partial charge in [-0.2, -0.15) is 0 Å². The van der Waals surface area contributed by atoms with E-state index in [9.17, 15) is 9.18 Å². The lowest BCUT2D eigenvalue weighted by Crippen LogP contribution is -2.20. The second-order valence-electron chi connectivity index (χ2n) is 3.91. The lowest BCUT2D eigenvalue weighted by molar-refractivity contribution is 0.262. The van der Waals surface area contributed by atoms with Gasteiger partial charge in [0.05, 0.1) is 17.8 Å². The maximum absolute atomic E-state index is 13.5. The number of rotatable bonds is 3. The van der Waals surface area contributed by atoms with Crippen molar-refractivity contribution in [1.82, 2.24) is 0 Å². The molecule has 0 unspecified atom stereocenters. The highest BCUT2D eigenvalue weighted by molar-refractivity contribution is 6.33. The molecule has 0 bridgehead atoms. The van der Waals surface area contributed by atoms with Gasteiger partial charge in [-0.05, 0) is 24.3 Å². The number of carbonyl (C=O) groups is 1. The molecular formula is C14H12ClFN2O2. The predicted molar refractivity (Wildman–Crippen MR) is 77.0 cm³/mol. The van der Waals surface area contributed by atoms with Crippen LogP contribution in [0, 0.1) is 5.82 Å². The summed E-state index contributed by atoms with van der Waals surface area (Å²) in [7, 11) is 1.53. The highest BCUT2D eigenvalue weighted by atomic mass is 35.5. The molecule has 20 heavy (non-hydrogen) atoms. The van der Waals surface area contributed by atoms with Gasteiger partial charge in [-0.15, -0.1) is 0 Å². The summed E-state index contributed by atoms with van der Waals surface area (Å²) >= 11 is 5.82. The fourth-order valence-corrected chi connectivity index (χ4v) is 1.80. The first kappa shape index (κ1) is 14.1. The van der Waals surface area contributed by atoms with E-state index in [1.165, 1.54) is 25.3 Å². The molecule has 2 N–H and O–H groups in total. The lowest BCUT2D eigenvalue weighted by atomic mass is 10.3. The summed E-state index contributed by atoms with van der Waals surface area (Å²) < 4.78 is 18.6. The molecule has 0 saturated heterocycles. The maximum Gasteiger partial charge on any atom is 0.323 e. The molecule has 0 radical (unpaired) electrons. The lowest BCUT2D eigenvalue weighted by Gasteiger charge is -2.10. The normalized spacial score (nSPS) is 9.95. The number of nitrogens with one attached hydrogen (secondary N) is 2. The number of methoxy groups -OCH3 is 1. The van der Waals surface area contributed by atoms with Gasteiger partial charge in [0, 0.05) is 11.8 Å². The van der Waals surface area contributed by atoms with E-state index in [-0.39, 0.29) is 10.7 Å². The van der Waals surface area contributed by atoms with E-state index in [0.717, 1.165) is 0 Å². The zero-order valence-electron chi connectivity index (χ0n) is 10.6. The number of halogens is 2. The van der Waals surface area contributed by atoms with Crippen LogP contribution < -0.4 is 15.4 Å². The smallest absolute Gasteiger partial charge is 0.323 e. The maximum atomic E-state index is 13.5. The quantitative estimate of drug-likeness (QED) is 0.894. The van der Waals surface area contributed by atoms with Crippen molar-refractivity contribution in [1.29, 1.82) is 0 Å². The average Bonchev–Trinajstić information content (AvgIpc) is 2.43. The first-order valence-electron chi connectivity index (χ1n) is 5.76. The van der Waals surface area contributed by atoms with Crippen LogP contribution in [0.3, 0.4) is 0 Å². The highest BCUT2D eigenvalue weighted by Crippen LogP contribution is 2.25. The van der Waals surface area contributed by atoms with Crippen molar-refractivity contribution >= 4 is 29.0 Å². The molecule has 0 aliphatic heterocycles. The molecule has 0 spiro atoms. The summed E-state index contributed by atoms with van der Waals surface area (Å²) in [6, 6.07) is 10.4. The van der Waals surface area contributed by atoms with Crippen LogP contribution in [0.4, 0.5) is 20.6 Å². The van der Waals surface area contributed by atoms with Crippen LogP contribution in [-0.2, 0) is 0 Å². The zero-order valence-corrected chi connectivity index (χ0v) is 11.4. The van der Waals surface area contributed by atoms with E-state index in [4.69, 9.17) is 16.3 Å². The predicted octanol–water partition coefficient (Wildman–Crippen LogP) is 4.13. The minimum atomic E-state index is -0.599. The number of ether oxygens (including phenoxy) is 1. The third-order valence-electron chi connectivity index (χ3n) is 2.53. The molecule has 104 valence electrons. The van der Waals surface area contributed by atoms with Crippen molar-refractivity contribution in [3.8, 4) is 5.75 Å². The Labute approximate surface area is 120 Å². The third-order valence-corrected chi connectivity index (χ3v) is 2.84. The average molecular weight is 295 g/mol. The van der Waals surface area contributed by atoms with Crippen LogP contribution in [0.25, 0.3) is 0 Å². The van der Waals surface area contributed by atoms with E-state index >= 15 is 0 Å². The monoisotopic (exact) mass is 294 g/mol. The van der Waals surface area contributed by atoms with Crippen LogP contribution in [0.2, 0.25) is 5.02 Å². The summed E-state index contributed by atoms with van der Waals surface area (Å²) in [6.07, 6.45) is 0. The Morgan fingerprint density at radius 3 is 2.65 bits per heavy atom. The number of hydrogen-bond donors (Lipinski definition) is 2. The van der Waals surface area contributed by atoms with Crippen molar-refractivity contribution in [2.75, 3.05) is 17.7 Å². The van der Waals surface area contributed by atoms with Crippen LogP contribution in [0.1, 0.15) is 0 Å². The standard InChI is InChI=1S/C14H12ClFN2O2/c1-20-10-5-2-4-9(8-10)17-14(19)18-13-11(15)6-3-7-12(13)16/h2-8H,1H3,(H2,17,18,19). The van der Waals surface area contributed by atoms with Crippen molar-refractivity contribution in [2.45, 2.75) is 0 Å². The first-order valence-corrected chi connectivity index (χ1v) is 6.14. The fraction of sp³-hybridized carbons (Fsp3) is 0.0714. The Kier molecular flexibility index (Phi) is 4.42. The molecule has 0 atom stereocenters. The number of hydrogen-bond acceptors (Lipinski definition) is 2. The van der Waals surface area contributed by atoms with Crippen LogP contribution >= 0.6 is 11.6 Å². The molecule has 2 amide bonds. The fourth-order valence-electron chi connectivity index (χ4n) is 1.59. The highest BCUT2D eigenvalue weighted by Gasteiger charge is 2.10. The van der Waals surface area contributed by atoms with E-state index in [0.29, 0.717) is 11.4 Å². The van der Waals surface area contributed by atoms with Crippen LogP contribution in [0.15, 0.2) is 42.5 Å². The van der Waals surface area contributed by atoms with Gasteiger partial charge >= 0.3 is 6.03 Å². The third kappa shape index (κ3) is 3.39. The minimum absolute atomic E-state index is 0.0606. The van der Waals surface area contributed by atoms with Gasteiger partial charge in [0.2, 0.25) is 0 Å². The molecule has 2 aromatic rings. The minimum Gasteiger partial charge on any atom is -0.497 e. The van der Waals surface area contributed by atoms with Crippen molar-refractivity contribution in [3.63, 3.8) is 0 Å². The van der Waals surface area contributed by atoms with E-state index in [2.05, 4.69) is 10.6 Å². The Balaban J connectivity index is 2.09. The molecular weight excluding hydrogens is 283 g/mol. The SMILES string of the molecule is COc1cccc(NC(=O)Nc2c(F)cccc2Cl)c1. The van der Waals surface area contributed by atoms with Gasteiger partial charge in [0.1, 0.15) is 11.6 Å². The number of amides is 2. The first-order chi connectivity index (χ1) is 9.60. The number of urea groups is 1. The largest absolute Gasteiger partial charge is 0.497 e. The van der Waals surface area contributed by atoms with Gasteiger partial charge in [0.15, 0.2) is 0 Å². The number of benzene rings is 2. The summed E-state index contributed by atoms with van der Waals surface area (Å²) in [5.41, 5.74) is 0.462. The molecule has 0 aliphatic rings. The van der Waals surface area contributed by atoms with E-state index < -0.39 is 11.8 Å². The molecule has 0 saturated carbocycles. The Morgan fingerprint density at radius 1 is 1.20 bits per heavy atom. The molecule has 0 aromatic heterocycles. The molecule has 6 heteroatoms. The second kappa shape index (κ2) is 6.25. The Bertz CT molecular complexity index is 614. The van der Waals surface area contributed by atoms with Gasteiger partial charge < -0.3 is 15.4 Å². The van der Waals surface area contributed by atoms with E-state index in [1.807, 2.05) is 0 Å². The summed E-state index contributed by atoms with van der Waals surface area (Å²) in [4.78, 5) is 11.8. The second-order valence-corrected chi connectivity index (χ2v) is 4.31. The van der Waals surface area contributed by atoms with Crippen molar-refractivity contribution < 1.29 is 13.9 Å². The Hall–Kier alpha value is -2.27. The number of carbonyl (C=O) groups excluding carboxylic acids is 1. The van der Waals surface area contributed by atoms with Gasteiger partial charge in [0.25, 0.3) is 0 Å².